The Bertz CT molecular complexity index is 773. The quantitative estimate of drug-likeness (QED) is 0.847. The Hall–Kier alpha value is -2.19. The predicted octanol–water partition coefficient (Wildman–Crippen LogP) is 2.54. The van der Waals surface area contributed by atoms with Gasteiger partial charge < -0.3 is 5.11 Å². The Morgan fingerprint density at radius 1 is 1.26 bits per heavy atom. The molecule has 5 nitrogen and oxygen atoms in total. The highest BCUT2D eigenvalue weighted by molar-refractivity contribution is 6.33. The van der Waals surface area contributed by atoms with Gasteiger partial charge in [-0.15, -0.1) is 0 Å². The van der Waals surface area contributed by atoms with Gasteiger partial charge in [0, 0.05) is 31.4 Å². The van der Waals surface area contributed by atoms with Gasteiger partial charge in [-0.2, -0.15) is 18.3 Å². The zero-order chi connectivity index (χ0) is 17.8. The summed E-state index contributed by atoms with van der Waals surface area (Å²) in [7, 11) is 2.09. The van der Waals surface area contributed by atoms with Crippen LogP contribution in [0.25, 0.3) is 11.3 Å². The highest BCUT2D eigenvalue weighted by atomic mass is 35.5. The molecule has 0 fully saturated rings. The lowest BCUT2D eigenvalue weighted by Gasteiger charge is -2.12. The average molecular weight is 349 g/mol. The van der Waals surface area contributed by atoms with E-state index < -0.39 is 17.3 Å². The number of halogens is 4. The number of aryl methyl sites for hydroxylation is 1. The van der Waals surface area contributed by atoms with Gasteiger partial charge in [-0.3, -0.25) is 14.3 Å². The molecule has 0 radical (unpaired) electrons. The van der Waals surface area contributed by atoms with E-state index in [0.717, 1.165) is 14.2 Å². The van der Waals surface area contributed by atoms with E-state index in [1.807, 2.05) is 0 Å². The standard InChI is InChI=1S/C13H8ClF3N2O2.CH4O/c1-19-11(13(15,16)17)5-10(21)12(18-19)7-2-3-9(14)8(4-7)6-20;1-2/h2-6H,1H3;2H,1H3. The number of carbonyl (C=O) groups excluding carboxylic acids is 1. The third-order valence-electron chi connectivity index (χ3n) is 2.79. The predicted molar refractivity (Wildman–Crippen MR) is 78.5 cm³/mol. The molecular formula is C14H12ClF3N2O3. The summed E-state index contributed by atoms with van der Waals surface area (Å²) in [6, 6.07) is 4.55. The van der Waals surface area contributed by atoms with E-state index in [2.05, 4.69) is 5.10 Å². The first-order valence-electron chi connectivity index (χ1n) is 6.09. The molecule has 0 saturated carbocycles. The Kier molecular flexibility index (Phi) is 6.05. The lowest BCUT2D eigenvalue weighted by molar-refractivity contribution is -0.144. The van der Waals surface area contributed by atoms with E-state index in [9.17, 15) is 22.8 Å². The molecule has 0 spiro atoms. The second-order valence-electron chi connectivity index (χ2n) is 4.22. The first kappa shape index (κ1) is 18.9. The number of hydrogen-bond donors (Lipinski definition) is 1. The summed E-state index contributed by atoms with van der Waals surface area (Å²) in [5, 5.41) is 10.8. The van der Waals surface area contributed by atoms with Crippen LogP contribution in [0.5, 0.6) is 0 Å². The Balaban J connectivity index is 0.00000127. The van der Waals surface area contributed by atoms with Crippen LogP contribution in [0.15, 0.2) is 29.1 Å². The molecule has 0 bridgehead atoms. The number of carbonyl (C=O) groups is 1. The fraction of sp³-hybridized carbons (Fsp3) is 0.214. The maximum atomic E-state index is 12.7. The molecule has 0 unspecified atom stereocenters. The van der Waals surface area contributed by atoms with Gasteiger partial charge in [-0.05, 0) is 12.1 Å². The van der Waals surface area contributed by atoms with Crippen LogP contribution in [0.1, 0.15) is 16.1 Å². The van der Waals surface area contributed by atoms with Crippen molar-refractivity contribution in [3.63, 3.8) is 0 Å². The van der Waals surface area contributed by atoms with Crippen LogP contribution in [-0.2, 0) is 13.2 Å². The summed E-state index contributed by atoms with van der Waals surface area (Å²) in [6.07, 6.45) is -4.19. The van der Waals surface area contributed by atoms with Gasteiger partial charge in [0.1, 0.15) is 11.4 Å². The molecule has 2 rings (SSSR count). The van der Waals surface area contributed by atoms with Crippen molar-refractivity contribution in [1.82, 2.24) is 9.78 Å². The molecular weight excluding hydrogens is 337 g/mol. The van der Waals surface area contributed by atoms with Crippen molar-refractivity contribution in [2.24, 2.45) is 7.05 Å². The van der Waals surface area contributed by atoms with Gasteiger partial charge in [0.25, 0.3) is 0 Å². The van der Waals surface area contributed by atoms with Crippen LogP contribution in [0.3, 0.4) is 0 Å². The molecule has 0 amide bonds. The number of hydrogen-bond acceptors (Lipinski definition) is 4. The first-order chi connectivity index (χ1) is 10.7. The number of aliphatic hydroxyl groups excluding tert-OH is 1. The maximum absolute atomic E-state index is 12.7. The van der Waals surface area contributed by atoms with Crippen molar-refractivity contribution in [1.29, 1.82) is 0 Å². The summed E-state index contributed by atoms with van der Waals surface area (Å²) in [6.45, 7) is 0. The minimum absolute atomic E-state index is 0.123. The van der Waals surface area contributed by atoms with Gasteiger partial charge in [0.05, 0.1) is 5.02 Å². The van der Waals surface area contributed by atoms with E-state index in [1.54, 1.807) is 0 Å². The Labute approximate surface area is 133 Å². The number of aliphatic hydroxyl groups is 1. The molecule has 23 heavy (non-hydrogen) atoms. The van der Waals surface area contributed by atoms with Crippen molar-refractivity contribution in [3.8, 4) is 11.3 Å². The summed E-state index contributed by atoms with van der Waals surface area (Å²) in [4.78, 5) is 22.6. The molecule has 9 heteroatoms. The molecule has 2 aromatic rings. The second kappa shape index (κ2) is 7.38. The topological polar surface area (TPSA) is 72.2 Å². The monoisotopic (exact) mass is 348 g/mol. The molecule has 0 aliphatic carbocycles. The first-order valence-corrected chi connectivity index (χ1v) is 6.47. The number of alkyl halides is 3. The molecule has 1 N–H and O–H groups in total. The minimum atomic E-state index is -4.67. The highest BCUT2D eigenvalue weighted by Gasteiger charge is 2.34. The van der Waals surface area contributed by atoms with Crippen LogP contribution < -0.4 is 5.43 Å². The minimum Gasteiger partial charge on any atom is -0.400 e. The van der Waals surface area contributed by atoms with Gasteiger partial charge in [0.2, 0.25) is 5.43 Å². The highest BCUT2D eigenvalue weighted by Crippen LogP contribution is 2.28. The summed E-state index contributed by atoms with van der Waals surface area (Å²) < 4.78 is 38.6. The number of aromatic nitrogens is 2. The van der Waals surface area contributed by atoms with Gasteiger partial charge in [-0.25, -0.2) is 0 Å². The van der Waals surface area contributed by atoms with Crippen molar-refractivity contribution < 1.29 is 23.1 Å². The van der Waals surface area contributed by atoms with E-state index in [-0.39, 0.29) is 21.8 Å². The summed E-state index contributed by atoms with van der Waals surface area (Å²) >= 11 is 5.76. The molecule has 1 heterocycles. The molecule has 1 aromatic heterocycles. The lowest BCUT2D eigenvalue weighted by Crippen LogP contribution is -2.22. The van der Waals surface area contributed by atoms with E-state index in [4.69, 9.17) is 16.7 Å². The fourth-order valence-electron chi connectivity index (χ4n) is 1.79. The third kappa shape index (κ3) is 4.17. The normalized spacial score (nSPS) is 10.7. The molecule has 0 atom stereocenters. The van der Waals surface area contributed by atoms with Gasteiger partial charge in [0.15, 0.2) is 6.29 Å². The average Bonchev–Trinajstić information content (AvgIpc) is 2.51. The van der Waals surface area contributed by atoms with Crippen molar-refractivity contribution in [3.05, 3.63) is 50.8 Å². The smallest absolute Gasteiger partial charge is 0.400 e. The SMILES string of the molecule is CO.Cn1nc(-c2ccc(Cl)c(C=O)c2)c(=O)cc1C(F)(F)F. The fourth-order valence-corrected chi connectivity index (χ4v) is 1.95. The van der Waals surface area contributed by atoms with Crippen LogP contribution in [0.4, 0.5) is 13.2 Å². The molecule has 0 saturated heterocycles. The maximum Gasteiger partial charge on any atom is 0.433 e. The van der Waals surface area contributed by atoms with E-state index >= 15 is 0 Å². The van der Waals surface area contributed by atoms with Crippen molar-refractivity contribution >= 4 is 17.9 Å². The molecule has 1 aromatic carbocycles. The van der Waals surface area contributed by atoms with Crippen LogP contribution >= 0.6 is 11.6 Å². The summed E-state index contributed by atoms with van der Waals surface area (Å²) in [5.74, 6) is 0. The number of rotatable bonds is 2. The van der Waals surface area contributed by atoms with Crippen molar-refractivity contribution in [2.75, 3.05) is 7.11 Å². The third-order valence-corrected chi connectivity index (χ3v) is 3.13. The molecule has 0 aliphatic heterocycles. The molecule has 0 aliphatic rings. The van der Waals surface area contributed by atoms with E-state index in [0.29, 0.717) is 17.0 Å². The lowest BCUT2D eigenvalue weighted by atomic mass is 10.1. The van der Waals surface area contributed by atoms with Gasteiger partial charge in [-0.1, -0.05) is 17.7 Å². The largest absolute Gasteiger partial charge is 0.433 e. The van der Waals surface area contributed by atoms with Crippen molar-refractivity contribution in [2.45, 2.75) is 6.18 Å². The second-order valence-corrected chi connectivity index (χ2v) is 4.63. The zero-order valence-electron chi connectivity index (χ0n) is 12.1. The number of nitrogens with zero attached hydrogens (tertiary/aromatic N) is 2. The van der Waals surface area contributed by atoms with Gasteiger partial charge >= 0.3 is 6.18 Å². The Morgan fingerprint density at radius 3 is 2.39 bits per heavy atom. The number of aldehydes is 1. The van der Waals surface area contributed by atoms with Crippen LogP contribution in [0.2, 0.25) is 5.02 Å². The van der Waals surface area contributed by atoms with E-state index in [1.165, 1.54) is 18.2 Å². The number of benzene rings is 1. The molecule has 124 valence electrons. The Morgan fingerprint density at radius 2 is 1.87 bits per heavy atom. The zero-order valence-corrected chi connectivity index (χ0v) is 12.8. The summed E-state index contributed by atoms with van der Waals surface area (Å²) in [5.41, 5.74) is -1.89. The van der Waals surface area contributed by atoms with Crippen LogP contribution in [-0.4, -0.2) is 28.3 Å². The van der Waals surface area contributed by atoms with Crippen LogP contribution in [0, 0.1) is 0 Å².